The highest BCUT2D eigenvalue weighted by molar-refractivity contribution is 7.13. The summed E-state index contributed by atoms with van der Waals surface area (Å²) in [5.41, 5.74) is 1.65. The molecule has 0 unspecified atom stereocenters. The van der Waals surface area contributed by atoms with E-state index in [1.165, 1.54) is 11.3 Å². The summed E-state index contributed by atoms with van der Waals surface area (Å²) in [7, 11) is -1.97. The van der Waals surface area contributed by atoms with Gasteiger partial charge in [0, 0.05) is 50.2 Å². The number of morpholine rings is 1. The highest BCUT2D eigenvalue weighted by Crippen LogP contribution is 2.37. The first-order valence-electron chi connectivity index (χ1n) is 12.3. The molecule has 4 rings (SSSR count). The Hall–Kier alpha value is -2.01. The van der Waals surface area contributed by atoms with E-state index in [0.717, 1.165) is 18.2 Å². The van der Waals surface area contributed by atoms with Crippen LogP contribution in [0.5, 0.6) is 0 Å². The lowest BCUT2D eigenvalue weighted by Crippen LogP contribution is -2.49. The second-order valence-electron chi connectivity index (χ2n) is 10.7. The fraction of sp³-hybridized carbons (Fsp3) is 0.600. The predicted molar refractivity (Wildman–Crippen MR) is 142 cm³/mol. The zero-order chi connectivity index (χ0) is 25.2. The zero-order valence-corrected chi connectivity index (χ0v) is 23.3. The van der Waals surface area contributed by atoms with E-state index in [2.05, 4.69) is 43.7 Å². The number of nitrogens with zero attached hydrogens (tertiary/aromatic N) is 4. The van der Waals surface area contributed by atoms with Crippen LogP contribution >= 0.6 is 11.3 Å². The van der Waals surface area contributed by atoms with Crippen LogP contribution in [0, 0.1) is 5.82 Å². The van der Waals surface area contributed by atoms with Gasteiger partial charge in [-0.05, 0) is 24.2 Å². The molecule has 2 aliphatic rings. The molecule has 35 heavy (non-hydrogen) atoms. The number of halogens is 1. The number of rotatable bonds is 6. The lowest BCUT2D eigenvalue weighted by molar-refractivity contribution is 0.0741. The van der Waals surface area contributed by atoms with Crippen LogP contribution in [-0.2, 0) is 15.8 Å². The minimum atomic E-state index is -1.97. The van der Waals surface area contributed by atoms with Gasteiger partial charge in [-0.3, -0.25) is 4.79 Å². The van der Waals surface area contributed by atoms with Crippen molar-refractivity contribution in [2.75, 3.05) is 62.3 Å². The van der Waals surface area contributed by atoms with Crippen molar-refractivity contribution in [2.24, 2.45) is 0 Å². The van der Waals surface area contributed by atoms with Gasteiger partial charge in [0.25, 0.3) is 5.91 Å². The lowest BCUT2D eigenvalue weighted by atomic mass is 10.1. The summed E-state index contributed by atoms with van der Waals surface area (Å²) in [4.78, 5) is 23.6. The first-order chi connectivity index (χ1) is 16.6. The average molecular weight is 521 g/mol. The summed E-state index contributed by atoms with van der Waals surface area (Å²) >= 11 is 1.50. The Balaban J connectivity index is 1.36. The maximum absolute atomic E-state index is 15.4. The third kappa shape index (κ3) is 5.87. The van der Waals surface area contributed by atoms with E-state index >= 15 is 4.39 Å². The number of carbonyl (C=O) groups is 1. The molecule has 0 atom stereocenters. The van der Waals surface area contributed by atoms with Crippen LogP contribution in [0.1, 0.15) is 36.8 Å². The Morgan fingerprint density at radius 1 is 1.11 bits per heavy atom. The lowest BCUT2D eigenvalue weighted by Gasteiger charge is -2.37. The molecule has 2 aromatic rings. The Morgan fingerprint density at radius 3 is 2.46 bits per heavy atom. The first kappa shape index (κ1) is 26.1. The number of ether oxygens (including phenoxy) is 1. The van der Waals surface area contributed by atoms with E-state index in [-0.39, 0.29) is 23.4 Å². The van der Waals surface area contributed by atoms with Gasteiger partial charge in [-0.2, -0.15) is 0 Å². The first-order valence-corrected chi connectivity index (χ1v) is 16.1. The van der Waals surface area contributed by atoms with Crippen molar-refractivity contribution >= 4 is 36.4 Å². The van der Waals surface area contributed by atoms with Crippen molar-refractivity contribution < 1.29 is 18.3 Å². The average Bonchev–Trinajstić information content (AvgIpc) is 3.33. The van der Waals surface area contributed by atoms with Crippen LogP contribution in [0.25, 0.3) is 0 Å². The Bertz CT molecular complexity index is 1030. The van der Waals surface area contributed by atoms with Crippen molar-refractivity contribution in [1.29, 1.82) is 0 Å². The molecule has 0 N–H and O–H groups in total. The quantitative estimate of drug-likeness (QED) is 0.519. The van der Waals surface area contributed by atoms with E-state index in [4.69, 9.17) is 9.16 Å². The molecule has 10 heteroatoms. The van der Waals surface area contributed by atoms with Crippen molar-refractivity contribution in [2.45, 2.75) is 45.5 Å². The SMILES string of the molecule is CC(C)(C)[Si](C)(C)OCc1cccc(N2CCN(C(=O)c3csc(N4CCOCC4)n3)CC2)c1F. The van der Waals surface area contributed by atoms with Crippen LogP contribution in [-0.4, -0.2) is 76.6 Å². The standard InChI is InChI=1S/C25H37FN4O3SSi/c1-25(2,3)35(4,5)33-17-19-7-6-8-21(22(19)26)28-9-11-29(12-10-28)23(31)20-18-34-24(27-20)30-13-15-32-16-14-30/h6-8,18H,9-17H2,1-5H3. The van der Waals surface area contributed by atoms with E-state index in [0.29, 0.717) is 56.3 Å². The van der Waals surface area contributed by atoms with Crippen LogP contribution in [0.4, 0.5) is 15.2 Å². The molecular weight excluding hydrogens is 483 g/mol. The maximum Gasteiger partial charge on any atom is 0.273 e. The van der Waals surface area contributed by atoms with Gasteiger partial charge in [-0.1, -0.05) is 32.9 Å². The van der Waals surface area contributed by atoms with Crippen molar-refractivity contribution in [3.63, 3.8) is 0 Å². The van der Waals surface area contributed by atoms with Crippen molar-refractivity contribution in [3.05, 3.63) is 40.7 Å². The normalized spacial score (nSPS) is 17.7. The zero-order valence-electron chi connectivity index (χ0n) is 21.5. The topological polar surface area (TPSA) is 58.1 Å². The third-order valence-electron chi connectivity index (χ3n) is 7.35. The molecule has 7 nitrogen and oxygen atoms in total. The predicted octanol–water partition coefficient (Wildman–Crippen LogP) is 4.60. The third-order valence-corrected chi connectivity index (χ3v) is 12.7. The van der Waals surface area contributed by atoms with Gasteiger partial charge in [0.1, 0.15) is 5.69 Å². The van der Waals surface area contributed by atoms with Gasteiger partial charge in [0.2, 0.25) is 0 Å². The molecule has 1 aromatic carbocycles. The number of anilines is 2. The fourth-order valence-electron chi connectivity index (χ4n) is 3.97. The van der Waals surface area contributed by atoms with Crippen LogP contribution in [0.2, 0.25) is 18.1 Å². The summed E-state index contributed by atoms with van der Waals surface area (Å²) in [5, 5.41) is 2.78. The largest absolute Gasteiger partial charge is 0.412 e. The molecule has 1 amide bonds. The van der Waals surface area contributed by atoms with Crippen LogP contribution < -0.4 is 9.80 Å². The second-order valence-corrected chi connectivity index (χ2v) is 16.3. The number of amides is 1. The molecule has 1 aromatic heterocycles. The van der Waals surface area contributed by atoms with Gasteiger partial charge >= 0.3 is 0 Å². The van der Waals surface area contributed by atoms with E-state index in [9.17, 15) is 4.79 Å². The number of thiazole rings is 1. The van der Waals surface area contributed by atoms with Gasteiger partial charge in [0.15, 0.2) is 19.3 Å². The molecule has 0 aliphatic carbocycles. The summed E-state index contributed by atoms with van der Waals surface area (Å²) in [6.07, 6.45) is 0. The fourth-order valence-corrected chi connectivity index (χ4v) is 5.77. The molecule has 192 valence electrons. The smallest absolute Gasteiger partial charge is 0.273 e. The Morgan fingerprint density at radius 2 is 1.80 bits per heavy atom. The molecular formula is C25H37FN4O3SSi. The summed E-state index contributed by atoms with van der Waals surface area (Å²) in [6, 6.07) is 5.51. The van der Waals surface area contributed by atoms with Crippen LogP contribution in [0.15, 0.2) is 23.6 Å². The minimum absolute atomic E-state index is 0.0580. The number of carbonyl (C=O) groups excluding carboxylic acids is 1. The number of hydrogen-bond acceptors (Lipinski definition) is 7. The van der Waals surface area contributed by atoms with E-state index in [1.54, 1.807) is 6.07 Å². The second kappa shape index (κ2) is 10.5. The molecule has 2 aliphatic heterocycles. The molecule has 0 saturated carbocycles. The summed E-state index contributed by atoms with van der Waals surface area (Å²) < 4.78 is 27.1. The minimum Gasteiger partial charge on any atom is -0.412 e. The van der Waals surface area contributed by atoms with Crippen molar-refractivity contribution in [1.82, 2.24) is 9.88 Å². The van der Waals surface area contributed by atoms with Gasteiger partial charge in [0.05, 0.1) is 25.5 Å². The number of benzene rings is 1. The highest BCUT2D eigenvalue weighted by Gasteiger charge is 2.37. The Kier molecular flexibility index (Phi) is 7.85. The molecule has 2 saturated heterocycles. The highest BCUT2D eigenvalue weighted by atomic mass is 32.1. The van der Waals surface area contributed by atoms with Gasteiger partial charge in [-0.25, -0.2) is 9.37 Å². The van der Waals surface area contributed by atoms with E-state index in [1.807, 2.05) is 27.3 Å². The molecule has 0 spiro atoms. The Labute approximate surface area is 213 Å². The van der Waals surface area contributed by atoms with Gasteiger partial charge in [-0.15, -0.1) is 11.3 Å². The summed E-state index contributed by atoms with van der Waals surface area (Å²) in [6.45, 7) is 16.4. The van der Waals surface area contributed by atoms with E-state index < -0.39 is 8.32 Å². The number of hydrogen-bond donors (Lipinski definition) is 0. The number of piperazine rings is 1. The van der Waals surface area contributed by atoms with Crippen LogP contribution in [0.3, 0.4) is 0 Å². The number of aromatic nitrogens is 1. The molecule has 0 bridgehead atoms. The van der Waals surface area contributed by atoms with Gasteiger partial charge < -0.3 is 23.9 Å². The molecule has 3 heterocycles. The monoisotopic (exact) mass is 520 g/mol. The molecule has 0 radical (unpaired) electrons. The van der Waals surface area contributed by atoms with Crippen molar-refractivity contribution in [3.8, 4) is 0 Å². The molecule has 2 fully saturated rings. The summed E-state index contributed by atoms with van der Waals surface area (Å²) in [5.74, 6) is -0.280. The maximum atomic E-state index is 15.4.